The zero-order valence-electron chi connectivity index (χ0n) is 9.38. The van der Waals surface area contributed by atoms with E-state index >= 15 is 0 Å². The minimum Gasteiger partial charge on any atom is -0.385 e. The summed E-state index contributed by atoms with van der Waals surface area (Å²) in [6.45, 7) is 2.61. The van der Waals surface area contributed by atoms with Gasteiger partial charge in [0.1, 0.15) is 5.01 Å². The number of ether oxygens (including phenoxy) is 1. The molecule has 0 aromatic carbocycles. The molecule has 0 amide bonds. The molecule has 0 aliphatic carbocycles. The molecule has 0 bridgehead atoms. The lowest BCUT2D eigenvalue weighted by Gasteiger charge is -2.06. The Labute approximate surface area is 97.4 Å². The van der Waals surface area contributed by atoms with Crippen molar-refractivity contribution in [2.75, 3.05) is 13.7 Å². The molecule has 2 aromatic heterocycles. The standard InChI is InChI=1S/C9H15N5OS/c1-6-11-12-9-14(6)13-8(16-9)7(10)4-3-5-15-2/h7H,3-5,10H2,1-2H3. The molecule has 0 saturated carbocycles. The number of fused-ring (bicyclic) bond motifs is 1. The van der Waals surface area contributed by atoms with Crippen LogP contribution in [-0.2, 0) is 4.74 Å². The molecule has 1 unspecified atom stereocenters. The van der Waals surface area contributed by atoms with Gasteiger partial charge in [-0.2, -0.15) is 9.61 Å². The fourth-order valence-electron chi connectivity index (χ4n) is 1.45. The summed E-state index contributed by atoms with van der Waals surface area (Å²) >= 11 is 1.50. The molecule has 88 valence electrons. The predicted molar refractivity (Wildman–Crippen MR) is 61.4 cm³/mol. The van der Waals surface area contributed by atoms with Gasteiger partial charge in [0, 0.05) is 13.7 Å². The van der Waals surface area contributed by atoms with Crippen molar-refractivity contribution in [1.29, 1.82) is 0 Å². The zero-order valence-corrected chi connectivity index (χ0v) is 10.2. The highest BCUT2D eigenvalue weighted by Crippen LogP contribution is 2.21. The highest BCUT2D eigenvalue weighted by molar-refractivity contribution is 7.16. The molecule has 0 aliphatic rings. The van der Waals surface area contributed by atoms with Crippen LogP contribution >= 0.6 is 11.3 Å². The van der Waals surface area contributed by atoms with Crippen LogP contribution in [0, 0.1) is 6.92 Å². The lowest BCUT2D eigenvalue weighted by atomic mass is 10.2. The van der Waals surface area contributed by atoms with E-state index in [1.165, 1.54) is 11.3 Å². The normalized spacial score (nSPS) is 13.4. The Kier molecular flexibility index (Phi) is 3.47. The number of aromatic nitrogens is 4. The fourth-order valence-corrected chi connectivity index (χ4v) is 2.37. The molecule has 1 atom stereocenters. The van der Waals surface area contributed by atoms with Crippen molar-refractivity contribution in [3.63, 3.8) is 0 Å². The molecule has 0 aliphatic heterocycles. The smallest absolute Gasteiger partial charge is 0.234 e. The second-order valence-electron chi connectivity index (χ2n) is 3.62. The highest BCUT2D eigenvalue weighted by atomic mass is 32.1. The van der Waals surface area contributed by atoms with E-state index in [9.17, 15) is 0 Å². The summed E-state index contributed by atoms with van der Waals surface area (Å²) in [6.07, 6.45) is 1.81. The molecule has 2 aromatic rings. The van der Waals surface area contributed by atoms with Crippen LogP contribution in [0.5, 0.6) is 0 Å². The number of aryl methyl sites for hydroxylation is 1. The Bertz CT molecular complexity index is 465. The van der Waals surface area contributed by atoms with Crippen molar-refractivity contribution < 1.29 is 4.74 Å². The second kappa shape index (κ2) is 4.86. The van der Waals surface area contributed by atoms with Crippen LogP contribution in [0.2, 0.25) is 0 Å². The summed E-state index contributed by atoms with van der Waals surface area (Å²) in [5, 5.41) is 13.2. The van der Waals surface area contributed by atoms with Crippen LogP contribution in [0.15, 0.2) is 0 Å². The highest BCUT2D eigenvalue weighted by Gasteiger charge is 2.14. The number of methoxy groups -OCH3 is 1. The molecule has 7 heteroatoms. The third kappa shape index (κ3) is 2.21. The molecule has 0 radical (unpaired) electrons. The molecule has 0 spiro atoms. The van der Waals surface area contributed by atoms with Crippen molar-refractivity contribution in [2.24, 2.45) is 5.73 Å². The first-order valence-corrected chi connectivity index (χ1v) is 5.97. The molecule has 2 rings (SSSR count). The van der Waals surface area contributed by atoms with E-state index in [4.69, 9.17) is 10.5 Å². The minimum absolute atomic E-state index is 0.0405. The SMILES string of the molecule is COCCCC(N)c1nn2c(C)nnc2s1. The average Bonchev–Trinajstić information content (AvgIpc) is 2.82. The number of rotatable bonds is 5. The van der Waals surface area contributed by atoms with Crippen LogP contribution in [-0.4, -0.2) is 33.5 Å². The summed E-state index contributed by atoms with van der Waals surface area (Å²) in [7, 11) is 1.69. The van der Waals surface area contributed by atoms with E-state index < -0.39 is 0 Å². The number of hydrogen-bond acceptors (Lipinski definition) is 6. The summed E-state index contributed by atoms with van der Waals surface area (Å²) < 4.78 is 6.72. The quantitative estimate of drug-likeness (QED) is 0.787. The Morgan fingerprint density at radius 3 is 3.00 bits per heavy atom. The fraction of sp³-hybridized carbons (Fsp3) is 0.667. The van der Waals surface area contributed by atoms with Crippen molar-refractivity contribution >= 4 is 16.3 Å². The molecule has 16 heavy (non-hydrogen) atoms. The first kappa shape index (κ1) is 11.4. The zero-order chi connectivity index (χ0) is 11.5. The van der Waals surface area contributed by atoms with E-state index in [-0.39, 0.29) is 6.04 Å². The predicted octanol–water partition coefficient (Wildman–Crippen LogP) is 0.921. The van der Waals surface area contributed by atoms with E-state index in [0.29, 0.717) is 0 Å². The Morgan fingerprint density at radius 2 is 2.31 bits per heavy atom. The summed E-state index contributed by atoms with van der Waals surface area (Å²) in [5.41, 5.74) is 6.04. The van der Waals surface area contributed by atoms with Gasteiger partial charge in [0.25, 0.3) is 0 Å². The van der Waals surface area contributed by atoms with Crippen molar-refractivity contribution in [3.05, 3.63) is 10.8 Å². The Balaban J connectivity index is 2.07. The summed E-state index contributed by atoms with van der Waals surface area (Å²) in [5.74, 6) is 0.793. The van der Waals surface area contributed by atoms with Crippen LogP contribution in [0.25, 0.3) is 4.96 Å². The first-order valence-electron chi connectivity index (χ1n) is 5.15. The van der Waals surface area contributed by atoms with Gasteiger partial charge in [-0.3, -0.25) is 0 Å². The van der Waals surface area contributed by atoms with Gasteiger partial charge in [-0.1, -0.05) is 11.3 Å². The van der Waals surface area contributed by atoms with Gasteiger partial charge in [-0.25, -0.2) is 0 Å². The third-order valence-corrected chi connectivity index (χ3v) is 3.37. The maximum atomic E-state index is 6.04. The van der Waals surface area contributed by atoms with E-state index in [1.807, 2.05) is 6.92 Å². The Hall–Kier alpha value is -1.05. The second-order valence-corrected chi connectivity index (χ2v) is 4.61. The van der Waals surface area contributed by atoms with Crippen molar-refractivity contribution in [3.8, 4) is 0 Å². The summed E-state index contributed by atoms with van der Waals surface area (Å²) in [6, 6.07) is -0.0405. The van der Waals surface area contributed by atoms with Crippen LogP contribution < -0.4 is 5.73 Å². The molecule has 2 N–H and O–H groups in total. The van der Waals surface area contributed by atoms with Gasteiger partial charge in [0.05, 0.1) is 6.04 Å². The van der Waals surface area contributed by atoms with E-state index in [1.54, 1.807) is 11.6 Å². The van der Waals surface area contributed by atoms with Crippen LogP contribution in [0.3, 0.4) is 0 Å². The molecular weight excluding hydrogens is 226 g/mol. The minimum atomic E-state index is -0.0405. The summed E-state index contributed by atoms with van der Waals surface area (Å²) in [4.78, 5) is 0.801. The maximum absolute atomic E-state index is 6.04. The molecular formula is C9H15N5OS. The van der Waals surface area contributed by atoms with Gasteiger partial charge in [-0.15, -0.1) is 10.2 Å². The monoisotopic (exact) mass is 241 g/mol. The van der Waals surface area contributed by atoms with Crippen molar-refractivity contribution in [1.82, 2.24) is 19.8 Å². The van der Waals surface area contributed by atoms with Gasteiger partial charge in [0.2, 0.25) is 4.96 Å². The maximum Gasteiger partial charge on any atom is 0.234 e. The average molecular weight is 241 g/mol. The van der Waals surface area contributed by atoms with Gasteiger partial charge in [-0.05, 0) is 19.8 Å². The third-order valence-electron chi connectivity index (χ3n) is 2.34. The molecule has 2 heterocycles. The number of nitrogens with zero attached hydrogens (tertiary/aromatic N) is 4. The molecule has 0 fully saturated rings. The van der Waals surface area contributed by atoms with Crippen LogP contribution in [0.4, 0.5) is 0 Å². The molecule has 0 saturated heterocycles. The lowest BCUT2D eigenvalue weighted by Crippen LogP contribution is -2.11. The van der Waals surface area contributed by atoms with Gasteiger partial charge >= 0.3 is 0 Å². The van der Waals surface area contributed by atoms with Crippen molar-refractivity contribution in [2.45, 2.75) is 25.8 Å². The van der Waals surface area contributed by atoms with Gasteiger partial charge < -0.3 is 10.5 Å². The van der Waals surface area contributed by atoms with Gasteiger partial charge in [0.15, 0.2) is 5.82 Å². The molecule has 6 nitrogen and oxygen atoms in total. The van der Waals surface area contributed by atoms with Crippen LogP contribution in [0.1, 0.15) is 29.7 Å². The van der Waals surface area contributed by atoms with E-state index in [0.717, 1.165) is 35.2 Å². The Morgan fingerprint density at radius 1 is 1.50 bits per heavy atom. The topological polar surface area (TPSA) is 78.3 Å². The largest absolute Gasteiger partial charge is 0.385 e. The number of nitrogens with two attached hydrogens (primary N) is 1. The number of hydrogen-bond donors (Lipinski definition) is 1. The lowest BCUT2D eigenvalue weighted by molar-refractivity contribution is 0.190. The first-order chi connectivity index (χ1) is 7.72. The van der Waals surface area contributed by atoms with E-state index in [2.05, 4.69) is 15.3 Å².